The highest BCUT2D eigenvalue weighted by molar-refractivity contribution is 5.96. The molecular weight excluding hydrogens is 524 g/mol. The Kier molecular flexibility index (Phi) is 6.92. The molecule has 0 spiro atoms. The van der Waals surface area contributed by atoms with Crippen LogP contribution in [-0.2, 0) is 4.74 Å². The SMILES string of the molecule is COC(=O)c1cccc(C)c1-n1c(=O)nc(N2CCN(C(=O)O)C[C@@H]2C)c2cc(F)c(-c3ccccc3F)nc21. The Morgan fingerprint density at radius 3 is 2.48 bits per heavy atom. The van der Waals surface area contributed by atoms with Crippen LogP contribution in [0.4, 0.5) is 19.4 Å². The maximum absolute atomic E-state index is 15.7. The number of nitrogens with zero attached hydrogens (tertiary/aromatic N) is 5. The number of ether oxygens (including phenoxy) is 1. The molecule has 1 saturated heterocycles. The summed E-state index contributed by atoms with van der Waals surface area (Å²) >= 11 is 0. The number of halogens is 2. The smallest absolute Gasteiger partial charge is 0.407 e. The van der Waals surface area contributed by atoms with E-state index in [9.17, 15) is 23.9 Å². The van der Waals surface area contributed by atoms with Crippen molar-refractivity contribution in [2.75, 3.05) is 31.6 Å². The van der Waals surface area contributed by atoms with Gasteiger partial charge in [0.2, 0.25) is 0 Å². The molecule has 1 atom stereocenters. The summed E-state index contributed by atoms with van der Waals surface area (Å²) in [5, 5.41) is 9.55. The number of rotatable bonds is 4. The molecule has 1 amide bonds. The third kappa shape index (κ3) is 4.51. The molecule has 2 aromatic carbocycles. The lowest BCUT2D eigenvalue weighted by Crippen LogP contribution is -2.54. The summed E-state index contributed by atoms with van der Waals surface area (Å²) in [6, 6.07) is 11.1. The van der Waals surface area contributed by atoms with Crippen molar-refractivity contribution in [3.63, 3.8) is 0 Å². The van der Waals surface area contributed by atoms with Crippen LogP contribution in [0.2, 0.25) is 0 Å². The monoisotopic (exact) mass is 549 g/mol. The van der Waals surface area contributed by atoms with E-state index < -0.39 is 35.4 Å². The fourth-order valence-electron chi connectivity index (χ4n) is 5.04. The predicted octanol–water partition coefficient (Wildman–Crippen LogP) is 4.01. The minimum atomic E-state index is -1.07. The Balaban J connectivity index is 1.84. The number of carbonyl (C=O) groups is 2. The molecule has 0 saturated carbocycles. The summed E-state index contributed by atoms with van der Waals surface area (Å²) in [6.07, 6.45) is -1.07. The minimum absolute atomic E-state index is 0.0537. The first-order chi connectivity index (χ1) is 19.1. The van der Waals surface area contributed by atoms with Gasteiger partial charge in [-0.15, -0.1) is 0 Å². The molecular formula is C28H25F2N5O5. The third-order valence-electron chi connectivity index (χ3n) is 6.97. The summed E-state index contributed by atoms with van der Waals surface area (Å²) in [6.45, 7) is 3.91. The summed E-state index contributed by atoms with van der Waals surface area (Å²) in [5.74, 6) is -2.16. The van der Waals surface area contributed by atoms with Crippen molar-refractivity contribution in [2.24, 2.45) is 0 Å². The summed E-state index contributed by atoms with van der Waals surface area (Å²) < 4.78 is 36.4. The lowest BCUT2D eigenvalue weighted by Gasteiger charge is -2.39. The standard InChI is InChI=1S/C28H25F2N5O5/c1-15-7-6-9-18(26(36)40-3)23(15)35-25-19(13-21(30)22(31-25)17-8-4-5-10-20(17)29)24(32-27(35)37)34-12-11-33(28(38)39)14-16(34)2/h4-10,13,16H,11-12,14H2,1-3H3,(H,38,39)/t16-/m0/s1. The topological polar surface area (TPSA) is 118 Å². The van der Waals surface area contributed by atoms with Crippen molar-refractivity contribution >= 4 is 28.9 Å². The van der Waals surface area contributed by atoms with Crippen molar-refractivity contribution in [1.29, 1.82) is 0 Å². The highest BCUT2D eigenvalue weighted by Gasteiger charge is 2.31. The fourth-order valence-corrected chi connectivity index (χ4v) is 5.04. The van der Waals surface area contributed by atoms with Gasteiger partial charge in [0.25, 0.3) is 0 Å². The maximum atomic E-state index is 15.7. The zero-order valence-electron chi connectivity index (χ0n) is 21.9. The number of aromatic nitrogens is 3. The Morgan fingerprint density at radius 1 is 1.05 bits per heavy atom. The van der Waals surface area contributed by atoms with Gasteiger partial charge >= 0.3 is 17.8 Å². The van der Waals surface area contributed by atoms with Crippen LogP contribution in [0.25, 0.3) is 28.0 Å². The molecule has 1 aliphatic rings. The average molecular weight is 550 g/mol. The van der Waals surface area contributed by atoms with E-state index in [0.717, 1.165) is 10.6 Å². The summed E-state index contributed by atoms with van der Waals surface area (Å²) in [4.78, 5) is 49.7. The van der Waals surface area contributed by atoms with E-state index in [0.29, 0.717) is 5.56 Å². The van der Waals surface area contributed by atoms with Crippen LogP contribution < -0.4 is 10.6 Å². The van der Waals surface area contributed by atoms with Crippen molar-refractivity contribution in [2.45, 2.75) is 19.9 Å². The molecule has 206 valence electrons. The number of hydrogen-bond donors (Lipinski definition) is 1. The van der Waals surface area contributed by atoms with Gasteiger partial charge in [0.15, 0.2) is 5.65 Å². The zero-order chi connectivity index (χ0) is 28.7. The number of para-hydroxylation sites is 1. The van der Waals surface area contributed by atoms with E-state index in [2.05, 4.69) is 9.97 Å². The van der Waals surface area contributed by atoms with Gasteiger partial charge in [-0.2, -0.15) is 4.98 Å². The molecule has 5 rings (SSSR count). The highest BCUT2D eigenvalue weighted by atomic mass is 19.1. The first kappa shape index (κ1) is 26.7. The van der Waals surface area contributed by atoms with Gasteiger partial charge in [-0.05, 0) is 43.7 Å². The predicted molar refractivity (Wildman–Crippen MR) is 143 cm³/mol. The van der Waals surface area contributed by atoms with E-state index >= 15 is 4.39 Å². The van der Waals surface area contributed by atoms with Gasteiger partial charge < -0.3 is 19.6 Å². The number of fused-ring (bicyclic) bond motifs is 1. The summed E-state index contributed by atoms with van der Waals surface area (Å²) in [7, 11) is 1.21. The van der Waals surface area contributed by atoms with E-state index in [-0.39, 0.29) is 59.0 Å². The minimum Gasteiger partial charge on any atom is -0.465 e. The molecule has 0 aliphatic carbocycles. The number of amides is 1. The molecule has 2 aromatic heterocycles. The van der Waals surface area contributed by atoms with Crippen molar-refractivity contribution in [1.82, 2.24) is 19.4 Å². The number of methoxy groups -OCH3 is 1. The second-order valence-electron chi connectivity index (χ2n) is 9.46. The Hall–Kier alpha value is -4.87. The molecule has 0 unspecified atom stereocenters. The number of esters is 1. The van der Waals surface area contributed by atoms with Crippen LogP contribution in [0, 0.1) is 18.6 Å². The largest absolute Gasteiger partial charge is 0.465 e. The Bertz CT molecular complexity index is 1720. The van der Waals surface area contributed by atoms with Crippen molar-refractivity contribution < 1.29 is 28.2 Å². The molecule has 1 aliphatic heterocycles. The van der Waals surface area contributed by atoms with Crippen LogP contribution in [0.5, 0.6) is 0 Å². The lowest BCUT2D eigenvalue weighted by atomic mass is 10.1. The molecule has 0 radical (unpaired) electrons. The summed E-state index contributed by atoms with van der Waals surface area (Å²) in [5.41, 5.74) is -0.583. The Morgan fingerprint density at radius 2 is 1.80 bits per heavy atom. The number of benzene rings is 2. The van der Waals surface area contributed by atoms with Gasteiger partial charge in [-0.25, -0.2) is 32.7 Å². The maximum Gasteiger partial charge on any atom is 0.407 e. The number of anilines is 1. The molecule has 10 nitrogen and oxygen atoms in total. The number of carboxylic acid groups (broad SMARTS) is 1. The van der Waals surface area contributed by atoms with Gasteiger partial charge in [0.1, 0.15) is 23.1 Å². The number of carbonyl (C=O) groups excluding carboxylic acids is 1. The van der Waals surface area contributed by atoms with Gasteiger partial charge in [-0.1, -0.05) is 24.3 Å². The second-order valence-corrected chi connectivity index (χ2v) is 9.46. The van der Waals surface area contributed by atoms with Gasteiger partial charge in [0, 0.05) is 31.2 Å². The number of aryl methyl sites for hydroxylation is 1. The lowest BCUT2D eigenvalue weighted by molar-refractivity contribution is 0.0600. The van der Waals surface area contributed by atoms with Crippen LogP contribution >= 0.6 is 0 Å². The number of piperazine rings is 1. The number of hydrogen-bond acceptors (Lipinski definition) is 7. The second kappa shape index (κ2) is 10.4. The highest BCUT2D eigenvalue weighted by Crippen LogP contribution is 2.33. The van der Waals surface area contributed by atoms with Crippen LogP contribution in [0.15, 0.2) is 53.3 Å². The van der Waals surface area contributed by atoms with E-state index in [1.54, 1.807) is 30.9 Å². The third-order valence-corrected chi connectivity index (χ3v) is 6.97. The molecule has 4 aromatic rings. The molecule has 1 fully saturated rings. The first-order valence-electron chi connectivity index (χ1n) is 12.4. The van der Waals surface area contributed by atoms with E-state index in [1.807, 2.05) is 0 Å². The first-order valence-corrected chi connectivity index (χ1v) is 12.4. The van der Waals surface area contributed by atoms with E-state index in [4.69, 9.17) is 4.74 Å². The van der Waals surface area contributed by atoms with Crippen LogP contribution in [0.1, 0.15) is 22.8 Å². The Labute approximate surface area is 227 Å². The van der Waals surface area contributed by atoms with Gasteiger partial charge in [-0.3, -0.25) is 0 Å². The van der Waals surface area contributed by atoms with Crippen molar-refractivity contribution in [3.05, 3.63) is 81.8 Å². The quantitative estimate of drug-likeness (QED) is 0.380. The normalized spacial score (nSPS) is 15.4. The van der Waals surface area contributed by atoms with Gasteiger partial charge in [0.05, 0.1) is 23.7 Å². The van der Waals surface area contributed by atoms with Crippen molar-refractivity contribution in [3.8, 4) is 16.9 Å². The van der Waals surface area contributed by atoms with E-state index in [1.165, 1.54) is 42.3 Å². The zero-order valence-corrected chi connectivity index (χ0v) is 21.9. The average Bonchev–Trinajstić information content (AvgIpc) is 2.93. The molecule has 1 N–H and O–H groups in total. The molecule has 3 heterocycles. The molecule has 0 bridgehead atoms. The van der Waals surface area contributed by atoms with Crippen LogP contribution in [0.3, 0.4) is 0 Å². The molecule has 12 heteroatoms. The number of pyridine rings is 1. The molecule has 40 heavy (non-hydrogen) atoms. The van der Waals surface area contributed by atoms with Crippen LogP contribution in [-0.4, -0.2) is 69.4 Å². The fraction of sp³-hybridized carbons (Fsp3) is 0.250.